The van der Waals surface area contributed by atoms with Crippen molar-refractivity contribution < 1.29 is 14.3 Å². The number of hydrogen-bond acceptors (Lipinski definition) is 5. The lowest BCUT2D eigenvalue weighted by Crippen LogP contribution is -2.07. The number of rotatable bonds is 7. The number of carbonyl (C=O) groups is 1. The Balaban J connectivity index is 1.63. The van der Waals surface area contributed by atoms with E-state index >= 15 is 0 Å². The number of nitrogens with one attached hydrogen (secondary N) is 1. The van der Waals surface area contributed by atoms with Crippen LogP contribution in [0.1, 0.15) is 11.1 Å². The Bertz CT molecular complexity index is 925. The Morgan fingerprint density at radius 2 is 2.04 bits per heavy atom. The van der Waals surface area contributed by atoms with E-state index < -0.39 is 0 Å². The van der Waals surface area contributed by atoms with Crippen molar-refractivity contribution in [3.8, 4) is 11.5 Å². The highest BCUT2D eigenvalue weighted by Crippen LogP contribution is 2.29. The van der Waals surface area contributed by atoms with Gasteiger partial charge in [0.25, 0.3) is 0 Å². The number of halogens is 1. The smallest absolute Gasteiger partial charge is 0.250 e. The topological polar surface area (TPSA) is 60.5 Å². The van der Waals surface area contributed by atoms with Gasteiger partial charge >= 0.3 is 0 Å². The highest BCUT2D eigenvalue weighted by molar-refractivity contribution is 7.13. The van der Waals surface area contributed by atoms with E-state index in [1.165, 1.54) is 17.4 Å². The first-order valence-electron chi connectivity index (χ1n) is 8.08. The Hall–Kier alpha value is -2.83. The number of methoxy groups -OCH3 is 1. The van der Waals surface area contributed by atoms with Gasteiger partial charge in [-0.15, -0.1) is 11.3 Å². The van der Waals surface area contributed by atoms with Gasteiger partial charge in [0.05, 0.1) is 7.11 Å². The van der Waals surface area contributed by atoms with Crippen molar-refractivity contribution >= 4 is 40.1 Å². The Labute approximate surface area is 166 Å². The van der Waals surface area contributed by atoms with Crippen molar-refractivity contribution in [1.29, 1.82) is 0 Å². The van der Waals surface area contributed by atoms with Crippen molar-refractivity contribution in [2.45, 2.75) is 6.61 Å². The van der Waals surface area contributed by atoms with Gasteiger partial charge in [-0.25, -0.2) is 4.98 Å². The van der Waals surface area contributed by atoms with E-state index in [0.29, 0.717) is 28.3 Å². The zero-order chi connectivity index (χ0) is 19.1. The van der Waals surface area contributed by atoms with Gasteiger partial charge in [-0.2, -0.15) is 0 Å². The molecule has 0 aliphatic heterocycles. The van der Waals surface area contributed by atoms with E-state index in [0.717, 1.165) is 11.1 Å². The van der Waals surface area contributed by atoms with E-state index in [1.54, 1.807) is 24.8 Å². The van der Waals surface area contributed by atoms with Gasteiger partial charge in [0.15, 0.2) is 16.6 Å². The third kappa shape index (κ3) is 5.57. The molecule has 0 unspecified atom stereocenters. The number of hydrogen-bond donors (Lipinski definition) is 1. The number of ether oxygens (including phenoxy) is 2. The van der Waals surface area contributed by atoms with Crippen LogP contribution in [0, 0.1) is 0 Å². The Morgan fingerprint density at radius 1 is 1.22 bits per heavy atom. The first-order valence-corrected chi connectivity index (χ1v) is 9.33. The molecular weight excluding hydrogens is 384 g/mol. The minimum absolute atomic E-state index is 0.244. The molecule has 0 bridgehead atoms. The fraction of sp³-hybridized carbons (Fsp3) is 0.100. The first kappa shape index (κ1) is 18.9. The summed E-state index contributed by atoms with van der Waals surface area (Å²) in [6.07, 6.45) is 4.79. The van der Waals surface area contributed by atoms with Gasteiger partial charge in [0.1, 0.15) is 6.61 Å². The van der Waals surface area contributed by atoms with Crippen molar-refractivity contribution in [3.63, 3.8) is 0 Å². The summed E-state index contributed by atoms with van der Waals surface area (Å²) in [5.41, 5.74) is 1.82. The van der Waals surface area contributed by atoms with Crippen LogP contribution in [0.2, 0.25) is 5.02 Å². The number of amides is 1. The summed E-state index contributed by atoms with van der Waals surface area (Å²) in [4.78, 5) is 15.9. The number of nitrogens with zero attached hydrogens (tertiary/aromatic N) is 1. The van der Waals surface area contributed by atoms with Crippen LogP contribution in [0.5, 0.6) is 11.5 Å². The highest BCUT2D eigenvalue weighted by atomic mass is 35.5. The van der Waals surface area contributed by atoms with Crippen LogP contribution in [0.3, 0.4) is 0 Å². The zero-order valence-corrected chi connectivity index (χ0v) is 16.1. The molecule has 0 saturated heterocycles. The third-order valence-electron chi connectivity index (χ3n) is 3.58. The van der Waals surface area contributed by atoms with Crippen LogP contribution in [0.15, 0.2) is 60.1 Å². The zero-order valence-electron chi connectivity index (χ0n) is 14.5. The summed E-state index contributed by atoms with van der Waals surface area (Å²) in [6, 6.07) is 12.9. The SMILES string of the molecule is COc1cc(C=CC(=O)Nc2nccs2)ccc1OCc1ccc(Cl)cc1. The average molecular weight is 401 g/mol. The van der Waals surface area contributed by atoms with Crippen molar-refractivity contribution in [2.75, 3.05) is 12.4 Å². The second-order valence-corrected chi connectivity index (χ2v) is 6.82. The van der Waals surface area contributed by atoms with Gasteiger partial charge in [0.2, 0.25) is 5.91 Å². The standard InChI is InChI=1S/C20H17ClN2O3S/c1-25-18-12-14(5-9-19(24)23-20-22-10-11-27-20)4-8-17(18)26-13-15-2-6-16(21)7-3-15/h2-12H,13H2,1H3,(H,22,23,24). The van der Waals surface area contributed by atoms with Gasteiger partial charge in [-0.05, 0) is 41.5 Å². The van der Waals surface area contributed by atoms with Crippen LogP contribution in [-0.2, 0) is 11.4 Å². The number of anilines is 1. The molecule has 0 atom stereocenters. The molecule has 0 aliphatic carbocycles. The van der Waals surface area contributed by atoms with Crippen LogP contribution < -0.4 is 14.8 Å². The number of thiazole rings is 1. The Kier molecular flexibility index (Phi) is 6.46. The van der Waals surface area contributed by atoms with E-state index in [2.05, 4.69) is 10.3 Å². The van der Waals surface area contributed by atoms with Gasteiger partial charge in [0, 0.05) is 22.7 Å². The largest absolute Gasteiger partial charge is 0.493 e. The molecule has 0 spiro atoms. The van der Waals surface area contributed by atoms with Crippen molar-refractivity contribution in [3.05, 3.63) is 76.3 Å². The maximum atomic E-state index is 11.9. The summed E-state index contributed by atoms with van der Waals surface area (Å²) in [5, 5.41) is 5.74. The maximum absolute atomic E-state index is 11.9. The molecule has 0 aliphatic rings. The molecular formula is C20H17ClN2O3S. The average Bonchev–Trinajstić information content (AvgIpc) is 3.19. The van der Waals surface area contributed by atoms with Gasteiger partial charge < -0.3 is 9.47 Å². The second-order valence-electron chi connectivity index (χ2n) is 5.49. The molecule has 1 aromatic heterocycles. The van der Waals surface area contributed by atoms with E-state index in [9.17, 15) is 4.79 Å². The normalized spacial score (nSPS) is 10.7. The third-order valence-corrected chi connectivity index (χ3v) is 4.53. The molecule has 0 radical (unpaired) electrons. The summed E-state index contributed by atoms with van der Waals surface area (Å²) in [7, 11) is 1.58. The number of carbonyl (C=O) groups excluding carboxylic acids is 1. The minimum atomic E-state index is -0.244. The van der Waals surface area contributed by atoms with Crippen LogP contribution >= 0.6 is 22.9 Å². The molecule has 0 saturated carbocycles. The summed E-state index contributed by atoms with van der Waals surface area (Å²) < 4.78 is 11.2. The van der Waals surface area contributed by atoms with Gasteiger partial charge in [-0.3, -0.25) is 10.1 Å². The lowest BCUT2D eigenvalue weighted by Gasteiger charge is -2.11. The van der Waals surface area contributed by atoms with E-state index in [1.807, 2.05) is 42.5 Å². The predicted molar refractivity (Wildman–Crippen MR) is 109 cm³/mol. The first-order chi connectivity index (χ1) is 13.1. The van der Waals surface area contributed by atoms with E-state index in [-0.39, 0.29) is 5.91 Å². The molecule has 5 nitrogen and oxygen atoms in total. The maximum Gasteiger partial charge on any atom is 0.250 e. The molecule has 3 aromatic rings. The summed E-state index contributed by atoms with van der Waals surface area (Å²) in [6.45, 7) is 0.402. The van der Waals surface area contributed by atoms with Crippen molar-refractivity contribution in [2.24, 2.45) is 0 Å². The molecule has 1 amide bonds. The fourth-order valence-electron chi connectivity index (χ4n) is 2.25. The lowest BCUT2D eigenvalue weighted by atomic mass is 10.2. The molecule has 0 fully saturated rings. The number of aromatic nitrogens is 1. The minimum Gasteiger partial charge on any atom is -0.493 e. The number of benzene rings is 2. The summed E-state index contributed by atoms with van der Waals surface area (Å²) >= 11 is 7.25. The molecule has 2 aromatic carbocycles. The monoisotopic (exact) mass is 400 g/mol. The molecule has 138 valence electrons. The van der Waals surface area contributed by atoms with Crippen molar-refractivity contribution in [1.82, 2.24) is 4.98 Å². The quantitative estimate of drug-likeness (QED) is 0.564. The molecule has 1 heterocycles. The lowest BCUT2D eigenvalue weighted by molar-refractivity contribution is -0.111. The van der Waals surface area contributed by atoms with Crippen LogP contribution in [-0.4, -0.2) is 18.0 Å². The molecule has 1 N–H and O–H groups in total. The fourth-order valence-corrected chi connectivity index (χ4v) is 2.91. The summed E-state index contributed by atoms with van der Waals surface area (Å²) in [5.74, 6) is 0.968. The second kappa shape index (κ2) is 9.21. The van der Waals surface area contributed by atoms with Gasteiger partial charge in [-0.1, -0.05) is 29.8 Å². The van der Waals surface area contributed by atoms with Crippen LogP contribution in [0.4, 0.5) is 5.13 Å². The molecule has 3 rings (SSSR count). The van der Waals surface area contributed by atoms with E-state index in [4.69, 9.17) is 21.1 Å². The molecule has 7 heteroatoms. The van der Waals surface area contributed by atoms with Crippen LogP contribution in [0.25, 0.3) is 6.08 Å². The molecule has 27 heavy (non-hydrogen) atoms. The Morgan fingerprint density at radius 3 is 2.74 bits per heavy atom. The predicted octanol–water partition coefficient (Wildman–Crippen LogP) is 5.04. The highest BCUT2D eigenvalue weighted by Gasteiger charge is 2.06.